The van der Waals surface area contributed by atoms with Gasteiger partial charge in [0.25, 0.3) is 5.91 Å². The van der Waals surface area contributed by atoms with Gasteiger partial charge in [-0.2, -0.15) is 0 Å². The molecule has 2 aromatic heterocycles. The zero-order valence-electron chi connectivity index (χ0n) is 14.1. The van der Waals surface area contributed by atoms with Crippen LogP contribution in [0.5, 0.6) is 5.88 Å². The molecule has 25 heavy (non-hydrogen) atoms. The van der Waals surface area contributed by atoms with Crippen molar-refractivity contribution < 1.29 is 9.53 Å². The monoisotopic (exact) mass is 379 g/mol. The third-order valence-electron chi connectivity index (χ3n) is 4.50. The van der Waals surface area contributed by atoms with Crippen molar-refractivity contribution in [3.05, 3.63) is 45.2 Å². The molecule has 1 unspecified atom stereocenters. The number of halogens is 1. The molecule has 1 fully saturated rings. The summed E-state index contributed by atoms with van der Waals surface area (Å²) in [5.74, 6) is 1.06. The lowest BCUT2D eigenvalue weighted by Crippen LogP contribution is -2.33. The second-order valence-electron chi connectivity index (χ2n) is 6.19. The summed E-state index contributed by atoms with van der Waals surface area (Å²) in [6.07, 6.45) is 4.94. The van der Waals surface area contributed by atoms with Gasteiger partial charge in [-0.15, -0.1) is 11.3 Å². The molecule has 1 atom stereocenters. The third kappa shape index (κ3) is 4.93. The summed E-state index contributed by atoms with van der Waals surface area (Å²) in [7, 11) is 1.59. The van der Waals surface area contributed by atoms with E-state index in [1.54, 1.807) is 25.4 Å². The number of rotatable bonds is 6. The molecule has 0 radical (unpaired) electrons. The van der Waals surface area contributed by atoms with E-state index in [-0.39, 0.29) is 11.9 Å². The maximum absolute atomic E-state index is 12.6. The van der Waals surface area contributed by atoms with Crippen molar-refractivity contribution in [2.75, 3.05) is 20.2 Å². The number of nitrogens with zero attached hydrogens (tertiary/aromatic N) is 1. The van der Waals surface area contributed by atoms with Crippen molar-refractivity contribution in [2.24, 2.45) is 5.92 Å². The summed E-state index contributed by atoms with van der Waals surface area (Å²) >= 11 is 7.25. The number of amides is 1. The second-order valence-corrected chi connectivity index (χ2v) is 7.91. The van der Waals surface area contributed by atoms with E-state index in [1.807, 2.05) is 12.1 Å². The van der Waals surface area contributed by atoms with Crippen molar-refractivity contribution in [2.45, 2.75) is 25.3 Å². The van der Waals surface area contributed by atoms with Gasteiger partial charge in [-0.1, -0.05) is 17.7 Å². The summed E-state index contributed by atoms with van der Waals surface area (Å²) in [4.78, 5) is 17.5. The molecule has 0 bridgehead atoms. The Morgan fingerprint density at radius 2 is 2.20 bits per heavy atom. The van der Waals surface area contributed by atoms with E-state index in [0.717, 1.165) is 37.9 Å². The molecule has 2 N–H and O–H groups in total. The third-order valence-corrected chi connectivity index (χ3v) is 5.73. The number of hydrogen-bond acceptors (Lipinski definition) is 5. The van der Waals surface area contributed by atoms with Crippen LogP contribution in [0.4, 0.5) is 0 Å². The Hall–Kier alpha value is -1.63. The number of carbonyl (C=O) groups excluding carboxylic acids is 1. The zero-order chi connectivity index (χ0) is 17.6. The topological polar surface area (TPSA) is 63.2 Å². The molecule has 1 amide bonds. The Bertz CT molecular complexity index is 699. The predicted octanol–water partition coefficient (Wildman–Crippen LogP) is 3.67. The Labute approximate surface area is 156 Å². The first-order chi connectivity index (χ1) is 12.2. The van der Waals surface area contributed by atoms with Gasteiger partial charge in [-0.05, 0) is 56.0 Å². The van der Waals surface area contributed by atoms with E-state index in [0.29, 0.717) is 21.0 Å². The highest BCUT2D eigenvalue weighted by molar-refractivity contribution is 7.17. The van der Waals surface area contributed by atoms with Crippen molar-refractivity contribution in [1.82, 2.24) is 15.6 Å². The first-order valence-electron chi connectivity index (χ1n) is 8.42. The lowest BCUT2D eigenvalue weighted by molar-refractivity contribution is 0.0933. The fraction of sp³-hybridized carbons (Fsp3) is 0.444. The van der Waals surface area contributed by atoms with Crippen LogP contribution in [0.3, 0.4) is 0 Å². The standard InChI is InChI=1S/C18H22ClN3O2S/c1-24-17-5-2-13(11-21-17)14(10-12-6-8-20-9-7-12)22-18(23)15-3-4-16(19)25-15/h2-5,11-12,14,20H,6-10H2,1H3,(H,22,23). The van der Waals surface area contributed by atoms with Gasteiger partial charge in [0.15, 0.2) is 0 Å². The van der Waals surface area contributed by atoms with Crippen LogP contribution in [-0.2, 0) is 0 Å². The lowest BCUT2D eigenvalue weighted by atomic mass is 9.88. The van der Waals surface area contributed by atoms with Crippen molar-refractivity contribution in [3.63, 3.8) is 0 Å². The van der Waals surface area contributed by atoms with Gasteiger partial charge in [0.2, 0.25) is 5.88 Å². The molecule has 7 heteroatoms. The fourth-order valence-electron chi connectivity index (χ4n) is 3.11. The van der Waals surface area contributed by atoms with Gasteiger partial charge in [0.05, 0.1) is 22.4 Å². The largest absolute Gasteiger partial charge is 0.481 e. The van der Waals surface area contributed by atoms with Gasteiger partial charge in [0, 0.05) is 12.3 Å². The van der Waals surface area contributed by atoms with Crippen LogP contribution in [0.2, 0.25) is 4.34 Å². The van der Waals surface area contributed by atoms with Crippen LogP contribution in [0.25, 0.3) is 0 Å². The van der Waals surface area contributed by atoms with E-state index in [4.69, 9.17) is 16.3 Å². The van der Waals surface area contributed by atoms with Crippen LogP contribution in [0, 0.1) is 5.92 Å². The molecule has 3 heterocycles. The fourth-order valence-corrected chi connectivity index (χ4v) is 4.06. The predicted molar refractivity (Wildman–Crippen MR) is 101 cm³/mol. The van der Waals surface area contributed by atoms with Crippen LogP contribution < -0.4 is 15.4 Å². The molecule has 0 aromatic carbocycles. The lowest BCUT2D eigenvalue weighted by Gasteiger charge is -2.27. The molecule has 2 aromatic rings. The molecule has 0 saturated carbocycles. The highest BCUT2D eigenvalue weighted by Gasteiger charge is 2.23. The van der Waals surface area contributed by atoms with Gasteiger partial charge in [-0.25, -0.2) is 4.98 Å². The highest BCUT2D eigenvalue weighted by Crippen LogP contribution is 2.28. The van der Waals surface area contributed by atoms with Gasteiger partial charge >= 0.3 is 0 Å². The number of nitrogens with one attached hydrogen (secondary N) is 2. The second kappa shape index (κ2) is 8.65. The molecule has 5 nitrogen and oxygen atoms in total. The number of ether oxygens (including phenoxy) is 1. The molecular formula is C18H22ClN3O2S. The summed E-state index contributed by atoms with van der Waals surface area (Å²) in [5, 5.41) is 6.54. The van der Waals surface area contributed by atoms with Crippen LogP contribution in [0.15, 0.2) is 30.5 Å². The molecular weight excluding hydrogens is 358 g/mol. The Morgan fingerprint density at radius 1 is 1.40 bits per heavy atom. The number of carbonyl (C=O) groups is 1. The normalized spacial score (nSPS) is 16.4. The van der Waals surface area contributed by atoms with E-state index in [1.165, 1.54) is 11.3 Å². The van der Waals surface area contributed by atoms with Crippen molar-refractivity contribution in [1.29, 1.82) is 0 Å². The summed E-state index contributed by atoms with van der Waals surface area (Å²) in [5.41, 5.74) is 0.996. The maximum Gasteiger partial charge on any atom is 0.261 e. The number of hydrogen-bond donors (Lipinski definition) is 2. The first kappa shape index (κ1) is 18.2. The number of thiophene rings is 1. The SMILES string of the molecule is COc1ccc(C(CC2CCNCC2)NC(=O)c2ccc(Cl)s2)cn1. The minimum absolute atomic E-state index is 0.0742. The molecule has 1 saturated heterocycles. The maximum atomic E-state index is 12.6. The summed E-state index contributed by atoms with van der Waals surface area (Å²) < 4.78 is 5.75. The van der Waals surface area contributed by atoms with Gasteiger partial charge in [0.1, 0.15) is 0 Å². The number of aromatic nitrogens is 1. The van der Waals surface area contributed by atoms with Crippen LogP contribution in [-0.4, -0.2) is 31.1 Å². The highest BCUT2D eigenvalue weighted by atomic mass is 35.5. The van der Waals surface area contributed by atoms with E-state index >= 15 is 0 Å². The minimum Gasteiger partial charge on any atom is -0.481 e. The average molecular weight is 380 g/mol. The van der Waals surface area contributed by atoms with E-state index < -0.39 is 0 Å². The Kier molecular flexibility index (Phi) is 6.29. The summed E-state index contributed by atoms with van der Waals surface area (Å²) in [6, 6.07) is 7.24. The summed E-state index contributed by atoms with van der Waals surface area (Å²) in [6.45, 7) is 2.07. The molecule has 134 valence electrons. The van der Waals surface area contributed by atoms with Crippen LogP contribution in [0.1, 0.15) is 40.5 Å². The van der Waals surface area contributed by atoms with Crippen LogP contribution >= 0.6 is 22.9 Å². The zero-order valence-corrected chi connectivity index (χ0v) is 15.7. The number of methoxy groups -OCH3 is 1. The molecule has 1 aliphatic heterocycles. The molecule has 0 spiro atoms. The van der Waals surface area contributed by atoms with E-state index in [2.05, 4.69) is 15.6 Å². The molecule has 1 aliphatic rings. The van der Waals surface area contributed by atoms with Crippen molar-refractivity contribution in [3.8, 4) is 5.88 Å². The first-order valence-corrected chi connectivity index (χ1v) is 9.62. The Balaban J connectivity index is 1.75. The average Bonchev–Trinajstić information content (AvgIpc) is 3.09. The smallest absolute Gasteiger partial charge is 0.261 e. The number of pyridine rings is 1. The number of piperidine rings is 1. The van der Waals surface area contributed by atoms with Gasteiger partial charge < -0.3 is 15.4 Å². The Morgan fingerprint density at radius 3 is 2.80 bits per heavy atom. The quantitative estimate of drug-likeness (QED) is 0.803. The molecule has 0 aliphatic carbocycles. The minimum atomic E-state index is -0.0911. The molecule has 3 rings (SSSR count). The van der Waals surface area contributed by atoms with Gasteiger partial charge in [-0.3, -0.25) is 4.79 Å². The van der Waals surface area contributed by atoms with E-state index in [9.17, 15) is 4.79 Å². The van der Waals surface area contributed by atoms with Crippen molar-refractivity contribution >= 4 is 28.8 Å².